The Morgan fingerprint density at radius 1 is 1.35 bits per heavy atom. The Balaban J connectivity index is 1.83. The predicted molar refractivity (Wildman–Crippen MR) is 67.0 cm³/mol. The predicted octanol–water partition coefficient (Wildman–Crippen LogP) is -0.234. The van der Waals surface area contributed by atoms with Gasteiger partial charge >= 0.3 is 0 Å². The Hall–Kier alpha value is -0.910. The molecule has 1 atom stereocenters. The monoisotopic (exact) mass is 238 g/mol. The zero-order valence-corrected chi connectivity index (χ0v) is 10.7. The van der Waals surface area contributed by atoms with Gasteiger partial charge in [0.25, 0.3) is 0 Å². The van der Waals surface area contributed by atoms with E-state index in [1.807, 2.05) is 24.6 Å². The Morgan fingerprint density at radius 2 is 2.06 bits per heavy atom. The van der Waals surface area contributed by atoms with E-state index >= 15 is 0 Å². The van der Waals surface area contributed by atoms with Crippen molar-refractivity contribution in [2.24, 2.45) is 0 Å². The Kier molecular flexibility index (Phi) is 4.15. The molecule has 0 amide bonds. The summed E-state index contributed by atoms with van der Waals surface area (Å²) in [7, 11) is 0. The molecule has 0 bridgehead atoms. The first-order valence-electron chi connectivity index (χ1n) is 6.27. The highest BCUT2D eigenvalue weighted by Gasteiger charge is 2.15. The highest BCUT2D eigenvalue weighted by atomic mass is 16.3. The molecule has 0 aliphatic carbocycles. The van der Waals surface area contributed by atoms with E-state index in [0.29, 0.717) is 6.54 Å². The molecule has 17 heavy (non-hydrogen) atoms. The minimum absolute atomic E-state index is 0.342. The largest absolute Gasteiger partial charge is 0.390 e. The van der Waals surface area contributed by atoms with E-state index in [4.69, 9.17) is 0 Å². The van der Waals surface area contributed by atoms with Crippen molar-refractivity contribution in [3.63, 3.8) is 0 Å². The van der Waals surface area contributed by atoms with Gasteiger partial charge in [-0.25, -0.2) is 0 Å². The minimum Gasteiger partial charge on any atom is -0.390 e. The highest BCUT2D eigenvalue weighted by molar-refractivity contribution is 5.06. The molecule has 2 rings (SSSR count). The quantitative estimate of drug-likeness (QED) is 0.760. The van der Waals surface area contributed by atoms with Crippen LogP contribution < -0.4 is 5.32 Å². The number of hydrogen-bond acceptors (Lipinski definition) is 4. The van der Waals surface area contributed by atoms with Crippen LogP contribution in [-0.4, -0.2) is 58.6 Å². The van der Waals surface area contributed by atoms with Crippen molar-refractivity contribution in [2.75, 3.05) is 32.7 Å². The van der Waals surface area contributed by atoms with Crippen molar-refractivity contribution in [2.45, 2.75) is 26.5 Å². The summed E-state index contributed by atoms with van der Waals surface area (Å²) in [5.41, 5.74) is 2.12. The average Bonchev–Trinajstić information content (AvgIpc) is 2.58. The molecule has 1 saturated heterocycles. The topological polar surface area (TPSA) is 53.3 Å². The maximum Gasteiger partial charge on any atom is 0.0862 e. The molecule has 1 fully saturated rings. The molecule has 1 aliphatic heterocycles. The van der Waals surface area contributed by atoms with Gasteiger partial charge in [-0.3, -0.25) is 9.58 Å². The molecule has 2 heterocycles. The number of aliphatic hydroxyl groups is 1. The molecule has 0 radical (unpaired) electrons. The van der Waals surface area contributed by atoms with E-state index in [0.717, 1.165) is 44.1 Å². The second kappa shape index (κ2) is 5.62. The lowest BCUT2D eigenvalue weighted by Crippen LogP contribution is -2.47. The van der Waals surface area contributed by atoms with Crippen molar-refractivity contribution < 1.29 is 5.11 Å². The number of aliphatic hydroxyl groups excluding tert-OH is 1. The number of aromatic nitrogens is 2. The molecule has 0 aromatic carbocycles. The van der Waals surface area contributed by atoms with Gasteiger partial charge in [-0.05, 0) is 19.9 Å². The van der Waals surface area contributed by atoms with Crippen LogP contribution in [0.2, 0.25) is 0 Å². The Bertz CT molecular complexity index is 357. The third-order valence-electron chi connectivity index (χ3n) is 3.17. The minimum atomic E-state index is -0.342. The second-order valence-corrected chi connectivity index (χ2v) is 4.81. The van der Waals surface area contributed by atoms with Crippen molar-refractivity contribution in [3.8, 4) is 0 Å². The van der Waals surface area contributed by atoms with Crippen LogP contribution in [0.5, 0.6) is 0 Å². The Morgan fingerprint density at radius 3 is 2.65 bits per heavy atom. The SMILES string of the molecule is Cc1cc(C)n(CC(O)CN2CCNCC2)n1. The van der Waals surface area contributed by atoms with Crippen LogP contribution >= 0.6 is 0 Å². The molecule has 5 nitrogen and oxygen atoms in total. The number of nitrogens with one attached hydrogen (secondary N) is 1. The normalized spacial score (nSPS) is 19.5. The maximum atomic E-state index is 10.1. The van der Waals surface area contributed by atoms with Crippen molar-refractivity contribution in [1.29, 1.82) is 0 Å². The van der Waals surface area contributed by atoms with Gasteiger partial charge in [-0.1, -0.05) is 0 Å². The molecule has 2 N–H and O–H groups in total. The highest BCUT2D eigenvalue weighted by Crippen LogP contribution is 2.04. The summed E-state index contributed by atoms with van der Waals surface area (Å²) >= 11 is 0. The van der Waals surface area contributed by atoms with Crippen LogP contribution in [0.3, 0.4) is 0 Å². The first kappa shape index (κ1) is 12.5. The average molecular weight is 238 g/mol. The summed E-state index contributed by atoms with van der Waals surface area (Å²) in [6.07, 6.45) is -0.342. The van der Waals surface area contributed by atoms with Crippen LogP contribution in [0.1, 0.15) is 11.4 Å². The molecule has 96 valence electrons. The van der Waals surface area contributed by atoms with Gasteiger partial charge in [0, 0.05) is 38.4 Å². The van der Waals surface area contributed by atoms with E-state index in [-0.39, 0.29) is 6.10 Å². The molecular formula is C12H22N4O. The van der Waals surface area contributed by atoms with Crippen molar-refractivity contribution in [3.05, 3.63) is 17.5 Å². The molecule has 1 aromatic heterocycles. The summed E-state index contributed by atoms with van der Waals surface area (Å²) in [5.74, 6) is 0. The van der Waals surface area contributed by atoms with E-state index in [1.54, 1.807) is 0 Å². The lowest BCUT2D eigenvalue weighted by molar-refractivity contribution is 0.0883. The summed E-state index contributed by atoms with van der Waals surface area (Å²) in [4.78, 5) is 2.30. The molecule has 1 aromatic rings. The zero-order valence-electron chi connectivity index (χ0n) is 10.7. The summed E-state index contributed by atoms with van der Waals surface area (Å²) in [6, 6.07) is 2.04. The van der Waals surface area contributed by atoms with Crippen LogP contribution in [0.15, 0.2) is 6.07 Å². The first-order valence-corrected chi connectivity index (χ1v) is 6.27. The zero-order chi connectivity index (χ0) is 12.3. The van der Waals surface area contributed by atoms with E-state index in [9.17, 15) is 5.11 Å². The van der Waals surface area contributed by atoms with E-state index < -0.39 is 0 Å². The van der Waals surface area contributed by atoms with Gasteiger partial charge in [0.05, 0.1) is 18.3 Å². The third kappa shape index (κ3) is 3.52. The number of rotatable bonds is 4. The van der Waals surface area contributed by atoms with Gasteiger partial charge in [0.1, 0.15) is 0 Å². The summed E-state index contributed by atoms with van der Waals surface area (Å²) in [6.45, 7) is 9.41. The van der Waals surface area contributed by atoms with Gasteiger partial charge in [0.2, 0.25) is 0 Å². The van der Waals surface area contributed by atoms with Crippen LogP contribution in [0.25, 0.3) is 0 Å². The fourth-order valence-corrected chi connectivity index (χ4v) is 2.31. The fraction of sp³-hybridized carbons (Fsp3) is 0.750. The van der Waals surface area contributed by atoms with Crippen molar-refractivity contribution >= 4 is 0 Å². The Labute approximate surface area is 102 Å². The van der Waals surface area contributed by atoms with Gasteiger partial charge in [-0.15, -0.1) is 0 Å². The lowest BCUT2D eigenvalue weighted by atomic mass is 10.3. The second-order valence-electron chi connectivity index (χ2n) is 4.81. The maximum absolute atomic E-state index is 10.1. The molecule has 0 saturated carbocycles. The van der Waals surface area contributed by atoms with E-state index in [2.05, 4.69) is 15.3 Å². The fourth-order valence-electron chi connectivity index (χ4n) is 2.31. The van der Waals surface area contributed by atoms with Gasteiger partial charge in [-0.2, -0.15) is 5.10 Å². The molecule has 1 unspecified atom stereocenters. The number of aryl methyl sites for hydroxylation is 2. The summed E-state index contributed by atoms with van der Waals surface area (Å²) in [5, 5.41) is 17.7. The van der Waals surface area contributed by atoms with Crippen LogP contribution in [-0.2, 0) is 6.54 Å². The van der Waals surface area contributed by atoms with Gasteiger partial charge < -0.3 is 10.4 Å². The lowest BCUT2D eigenvalue weighted by Gasteiger charge is -2.29. The van der Waals surface area contributed by atoms with Crippen LogP contribution in [0.4, 0.5) is 0 Å². The first-order chi connectivity index (χ1) is 8.15. The molecule has 0 spiro atoms. The van der Waals surface area contributed by atoms with E-state index in [1.165, 1.54) is 0 Å². The van der Waals surface area contributed by atoms with Crippen molar-refractivity contribution in [1.82, 2.24) is 20.0 Å². The number of β-amino-alcohol motifs (C(OH)–C–C–N with tert-alkyl or cyclic N) is 1. The standard InChI is InChI=1S/C12H22N4O/c1-10-7-11(2)16(14-10)9-12(17)8-15-5-3-13-4-6-15/h7,12-13,17H,3-6,8-9H2,1-2H3. The van der Waals surface area contributed by atoms with Gasteiger partial charge in [0.15, 0.2) is 0 Å². The molecule has 5 heteroatoms. The smallest absolute Gasteiger partial charge is 0.0862 e. The molecular weight excluding hydrogens is 216 g/mol. The number of hydrogen-bond donors (Lipinski definition) is 2. The van der Waals surface area contributed by atoms with Crippen LogP contribution in [0, 0.1) is 13.8 Å². The number of nitrogens with zero attached hydrogens (tertiary/aromatic N) is 3. The third-order valence-corrected chi connectivity index (χ3v) is 3.17. The molecule has 1 aliphatic rings. The number of piperazine rings is 1. The summed E-state index contributed by atoms with van der Waals surface area (Å²) < 4.78 is 1.89.